The Kier molecular flexibility index (Phi) is 3.69. The minimum absolute atomic E-state index is 0.139. The Morgan fingerprint density at radius 2 is 2.05 bits per heavy atom. The molecule has 21 heavy (non-hydrogen) atoms. The van der Waals surface area contributed by atoms with Crippen molar-refractivity contribution in [3.05, 3.63) is 10.5 Å². The highest BCUT2D eigenvalue weighted by molar-refractivity contribution is 7.91. The van der Waals surface area contributed by atoms with Crippen molar-refractivity contribution < 1.29 is 8.42 Å². The minimum Gasteiger partial charge on any atom is -0.328 e. The van der Waals surface area contributed by atoms with Crippen LogP contribution in [0.15, 0.2) is 0 Å². The van der Waals surface area contributed by atoms with Crippen LogP contribution in [-0.2, 0) is 23.3 Å². The second-order valence-corrected chi connectivity index (χ2v) is 8.39. The van der Waals surface area contributed by atoms with Crippen LogP contribution in [0, 0.1) is 4.77 Å². The summed E-state index contributed by atoms with van der Waals surface area (Å²) in [5, 5.41) is 4.56. The maximum Gasteiger partial charge on any atom is 0.179 e. The van der Waals surface area contributed by atoms with E-state index in [1.165, 1.54) is 0 Å². The summed E-state index contributed by atoms with van der Waals surface area (Å²) in [5.74, 6) is 0.484. The van der Waals surface area contributed by atoms with Crippen LogP contribution in [0.5, 0.6) is 0 Å². The van der Waals surface area contributed by atoms with Gasteiger partial charge in [-0.2, -0.15) is 5.10 Å². The molecule has 2 aromatic rings. The SMILES string of the molecule is CCCc1nn(C)c2c1[nH]c(=S)n2C1CCS(=O)(=O)CC1. The largest absolute Gasteiger partial charge is 0.328 e. The molecule has 3 heterocycles. The van der Waals surface area contributed by atoms with Gasteiger partial charge in [0.2, 0.25) is 0 Å². The molecule has 0 bridgehead atoms. The molecule has 116 valence electrons. The lowest BCUT2D eigenvalue weighted by Crippen LogP contribution is -2.26. The van der Waals surface area contributed by atoms with Gasteiger partial charge in [0, 0.05) is 13.1 Å². The van der Waals surface area contributed by atoms with Crippen molar-refractivity contribution in [3.8, 4) is 0 Å². The van der Waals surface area contributed by atoms with E-state index in [-0.39, 0.29) is 17.5 Å². The molecule has 1 saturated heterocycles. The number of hydrogen-bond acceptors (Lipinski definition) is 4. The molecule has 0 atom stereocenters. The van der Waals surface area contributed by atoms with E-state index in [9.17, 15) is 8.42 Å². The van der Waals surface area contributed by atoms with Gasteiger partial charge in [-0.15, -0.1) is 0 Å². The average Bonchev–Trinajstić information content (AvgIpc) is 2.89. The van der Waals surface area contributed by atoms with Gasteiger partial charge in [0.25, 0.3) is 0 Å². The van der Waals surface area contributed by atoms with Gasteiger partial charge >= 0.3 is 0 Å². The van der Waals surface area contributed by atoms with E-state index in [1.807, 2.05) is 11.7 Å². The number of hydrogen-bond donors (Lipinski definition) is 1. The summed E-state index contributed by atoms with van der Waals surface area (Å²) < 4.78 is 27.8. The Labute approximate surface area is 129 Å². The Bertz CT molecular complexity index is 814. The fraction of sp³-hybridized carbons (Fsp3) is 0.692. The summed E-state index contributed by atoms with van der Waals surface area (Å²) in [5.41, 5.74) is 3.01. The first-order valence-electron chi connectivity index (χ1n) is 7.29. The Morgan fingerprint density at radius 3 is 2.67 bits per heavy atom. The van der Waals surface area contributed by atoms with Crippen molar-refractivity contribution >= 4 is 33.2 Å². The van der Waals surface area contributed by atoms with Crippen LogP contribution in [0.25, 0.3) is 11.2 Å². The smallest absolute Gasteiger partial charge is 0.179 e. The van der Waals surface area contributed by atoms with Gasteiger partial charge in [0.1, 0.15) is 15.4 Å². The van der Waals surface area contributed by atoms with Crippen LogP contribution in [0.4, 0.5) is 0 Å². The van der Waals surface area contributed by atoms with Gasteiger partial charge < -0.3 is 4.98 Å². The molecule has 0 amide bonds. The maximum atomic E-state index is 11.6. The summed E-state index contributed by atoms with van der Waals surface area (Å²) in [4.78, 5) is 3.26. The third-order valence-electron chi connectivity index (χ3n) is 4.14. The van der Waals surface area contributed by atoms with Crippen molar-refractivity contribution in [1.29, 1.82) is 0 Å². The number of aryl methyl sites for hydroxylation is 2. The molecule has 1 aliphatic rings. The van der Waals surface area contributed by atoms with Crippen molar-refractivity contribution in [1.82, 2.24) is 19.3 Å². The number of sulfone groups is 1. The van der Waals surface area contributed by atoms with E-state index in [0.29, 0.717) is 17.6 Å². The average molecular weight is 328 g/mol. The molecule has 1 fully saturated rings. The van der Waals surface area contributed by atoms with Crippen molar-refractivity contribution in [2.75, 3.05) is 11.5 Å². The van der Waals surface area contributed by atoms with Crippen LogP contribution in [-0.4, -0.2) is 39.3 Å². The molecular weight excluding hydrogens is 308 g/mol. The number of nitrogens with one attached hydrogen (secondary N) is 1. The van der Waals surface area contributed by atoms with Gasteiger partial charge in [-0.1, -0.05) is 13.3 Å². The molecule has 0 saturated carbocycles. The highest BCUT2D eigenvalue weighted by Gasteiger charge is 2.27. The normalized spacial score (nSPS) is 19.3. The van der Waals surface area contributed by atoms with E-state index in [1.54, 1.807) is 0 Å². The first-order valence-corrected chi connectivity index (χ1v) is 9.52. The monoisotopic (exact) mass is 328 g/mol. The van der Waals surface area contributed by atoms with E-state index in [4.69, 9.17) is 12.2 Å². The number of imidazole rings is 1. The van der Waals surface area contributed by atoms with Gasteiger partial charge in [-0.05, 0) is 31.5 Å². The lowest BCUT2D eigenvalue weighted by atomic mass is 10.1. The molecular formula is C13H20N4O2S2. The molecule has 6 nitrogen and oxygen atoms in total. The summed E-state index contributed by atoms with van der Waals surface area (Å²) >= 11 is 5.46. The molecule has 0 spiro atoms. The minimum atomic E-state index is -2.87. The van der Waals surface area contributed by atoms with Crippen LogP contribution in [0.1, 0.15) is 37.9 Å². The predicted molar refractivity (Wildman–Crippen MR) is 84.8 cm³/mol. The van der Waals surface area contributed by atoms with Crippen LogP contribution >= 0.6 is 12.2 Å². The third kappa shape index (κ3) is 2.55. The fourth-order valence-corrected chi connectivity index (χ4v) is 4.93. The zero-order valence-corrected chi connectivity index (χ0v) is 13.9. The molecule has 3 rings (SSSR count). The Morgan fingerprint density at radius 1 is 1.38 bits per heavy atom. The number of rotatable bonds is 3. The number of aromatic nitrogens is 4. The van der Waals surface area contributed by atoms with Gasteiger partial charge in [0.15, 0.2) is 10.4 Å². The maximum absolute atomic E-state index is 11.6. The van der Waals surface area contributed by atoms with Gasteiger partial charge in [0.05, 0.1) is 17.2 Å². The Hall–Kier alpha value is -1.15. The topological polar surface area (TPSA) is 72.7 Å². The lowest BCUT2D eigenvalue weighted by Gasteiger charge is -2.23. The molecule has 1 aliphatic heterocycles. The highest BCUT2D eigenvalue weighted by atomic mass is 32.2. The predicted octanol–water partition coefficient (Wildman–Crippen LogP) is 2.13. The third-order valence-corrected chi connectivity index (χ3v) is 6.16. The fourth-order valence-electron chi connectivity index (χ4n) is 3.12. The van der Waals surface area contributed by atoms with Gasteiger partial charge in [-0.25, -0.2) is 8.42 Å². The Balaban J connectivity index is 2.07. The van der Waals surface area contributed by atoms with E-state index in [0.717, 1.165) is 29.7 Å². The summed E-state index contributed by atoms with van der Waals surface area (Å²) in [6, 6.07) is 0.139. The first kappa shape index (κ1) is 14.8. The lowest BCUT2D eigenvalue weighted by molar-refractivity contribution is 0.449. The van der Waals surface area contributed by atoms with Crippen LogP contribution < -0.4 is 0 Å². The second-order valence-electron chi connectivity index (χ2n) is 5.70. The molecule has 0 aliphatic carbocycles. The quantitative estimate of drug-likeness (QED) is 0.876. The molecule has 2 aromatic heterocycles. The highest BCUT2D eigenvalue weighted by Crippen LogP contribution is 2.29. The standard InChI is InChI=1S/C13H20N4O2S2/c1-3-4-10-11-12(16(2)15-10)17(13(20)14-11)9-5-7-21(18,19)8-6-9/h9H,3-8H2,1-2H3,(H,14,20). The van der Waals surface area contributed by atoms with E-state index < -0.39 is 9.84 Å². The number of nitrogens with zero attached hydrogens (tertiary/aromatic N) is 3. The number of H-pyrrole nitrogens is 1. The van der Waals surface area contributed by atoms with Crippen molar-refractivity contribution in [3.63, 3.8) is 0 Å². The van der Waals surface area contributed by atoms with E-state index >= 15 is 0 Å². The molecule has 1 N–H and O–H groups in total. The summed E-state index contributed by atoms with van der Waals surface area (Å²) in [7, 11) is -0.950. The zero-order chi connectivity index (χ0) is 15.2. The van der Waals surface area contributed by atoms with E-state index in [2.05, 4.69) is 21.6 Å². The van der Waals surface area contributed by atoms with Crippen LogP contribution in [0.2, 0.25) is 0 Å². The van der Waals surface area contributed by atoms with Crippen molar-refractivity contribution in [2.45, 2.75) is 38.6 Å². The molecule has 0 radical (unpaired) electrons. The summed E-state index contributed by atoms with van der Waals surface area (Å²) in [6.45, 7) is 2.12. The molecule has 0 unspecified atom stereocenters. The number of aromatic amines is 1. The zero-order valence-electron chi connectivity index (χ0n) is 12.3. The van der Waals surface area contributed by atoms with Crippen molar-refractivity contribution in [2.24, 2.45) is 7.05 Å². The number of fused-ring (bicyclic) bond motifs is 1. The molecule has 8 heteroatoms. The molecule has 0 aromatic carbocycles. The van der Waals surface area contributed by atoms with Crippen LogP contribution in [0.3, 0.4) is 0 Å². The first-order chi connectivity index (χ1) is 9.93. The van der Waals surface area contributed by atoms with Gasteiger partial charge in [-0.3, -0.25) is 9.25 Å². The summed E-state index contributed by atoms with van der Waals surface area (Å²) in [6.07, 6.45) is 3.18. The second kappa shape index (κ2) is 5.24.